The van der Waals surface area contributed by atoms with E-state index in [1.165, 1.54) is 51.4 Å². The van der Waals surface area contributed by atoms with Crippen molar-refractivity contribution >= 4 is 5.91 Å². The summed E-state index contributed by atoms with van der Waals surface area (Å²) in [6.45, 7) is 4.44. The van der Waals surface area contributed by atoms with E-state index < -0.39 is 0 Å². The molecule has 3 heteroatoms. The maximum Gasteiger partial charge on any atom is 0.237 e. The summed E-state index contributed by atoms with van der Waals surface area (Å²) in [5.74, 6) is 1.15. The molecule has 2 fully saturated rings. The molecule has 1 aliphatic heterocycles. The lowest BCUT2D eigenvalue weighted by Gasteiger charge is -2.32. The second-order valence-corrected chi connectivity index (χ2v) is 6.57. The number of nitrogens with one attached hydrogen (secondary N) is 2. The zero-order valence-electron chi connectivity index (χ0n) is 12.6. The first kappa shape index (κ1) is 14.8. The molecule has 2 aliphatic rings. The van der Waals surface area contributed by atoms with Crippen LogP contribution in [0.2, 0.25) is 0 Å². The van der Waals surface area contributed by atoms with Crippen LogP contribution in [0.5, 0.6) is 0 Å². The zero-order chi connectivity index (χ0) is 13.7. The highest BCUT2D eigenvalue weighted by Crippen LogP contribution is 2.27. The van der Waals surface area contributed by atoms with Gasteiger partial charge in [0.25, 0.3) is 0 Å². The monoisotopic (exact) mass is 266 g/mol. The summed E-state index contributed by atoms with van der Waals surface area (Å²) >= 11 is 0. The molecular weight excluding hydrogens is 236 g/mol. The molecule has 0 aromatic heterocycles. The van der Waals surface area contributed by atoms with Crippen molar-refractivity contribution in [2.75, 3.05) is 0 Å². The second-order valence-electron chi connectivity index (χ2n) is 6.57. The average Bonchev–Trinajstić information content (AvgIpc) is 2.41. The van der Waals surface area contributed by atoms with E-state index in [1.807, 2.05) is 0 Å². The van der Waals surface area contributed by atoms with Gasteiger partial charge in [0.05, 0.1) is 6.04 Å². The molecule has 2 atom stereocenters. The van der Waals surface area contributed by atoms with Crippen LogP contribution in [-0.2, 0) is 4.79 Å². The summed E-state index contributed by atoms with van der Waals surface area (Å²) in [6.07, 6.45) is 11.0. The van der Waals surface area contributed by atoms with Crippen LogP contribution in [-0.4, -0.2) is 24.0 Å². The SMILES string of the molecule is CCCC1CCC(NC(=O)C2CCCC(C)N2)CC1. The van der Waals surface area contributed by atoms with E-state index in [4.69, 9.17) is 0 Å². The van der Waals surface area contributed by atoms with Crippen molar-refractivity contribution in [3.63, 3.8) is 0 Å². The Morgan fingerprint density at radius 2 is 1.89 bits per heavy atom. The normalized spacial score (nSPS) is 35.9. The summed E-state index contributed by atoms with van der Waals surface area (Å²) in [5.41, 5.74) is 0. The Bertz CT molecular complexity index is 284. The summed E-state index contributed by atoms with van der Waals surface area (Å²) in [5, 5.41) is 6.69. The standard InChI is InChI=1S/C16H30N2O/c1-3-5-13-8-10-14(11-9-13)18-16(19)15-7-4-6-12(2)17-15/h12-15,17H,3-11H2,1-2H3,(H,18,19). The Morgan fingerprint density at radius 3 is 2.53 bits per heavy atom. The second kappa shape index (κ2) is 7.28. The van der Waals surface area contributed by atoms with Crippen LogP contribution in [0.25, 0.3) is 0 Å². The number of carbonyl (C=O) groups excluding carboxylic acids is 1. The first-order valence-corrected chi connectivity index (χ1v) is 8.25. The summed E-state index contributed by atoms with van der Waals surface area (Å²) in [7, 11) is 0. The summed E-state index contributed by atoms with van der Waals surface area (Å²) < 4.78 is 0. The highest BCUT2D eigenvalue weighted by Gasteiger charge is 2.27. The molecule has 2 unspecified atom stereocenters. The van der Waals surface area contributed by atoms with Crippen molar-refractivity contribution in [2.45, 2.75) is 89.8 Å². The smallest absolute Gasteiger partial charge is 0.237 e. The molecule has 3 nitrogen and oxygen atoms in total. The van der Waals surface area contributed by atoms with Gasteiger partial charge >= 0.3 is 0 Å². The molecule has 0 bridgehead atoms. The molecule has 1 heterocycles. The van der Waals surface area contributed by atoms with E-state index >= 15 is 0 Å². The maximum absolute atomic E-state index is 12.2. The highest BCUT2D eigenvalue weighted by molar-refractivity contribution is 5.82. The predicted molar refractivity (Wildman–Crippen MR) is 79.0 cm³/mol. The number of hydrogen-bond donors (Lipinski definition) is 2. The van der Waals surface area contributed by atoms with E-state index in [2.05, 4.69) is 24.5 Å². The molecule has 0 spiro atoms. The van der Waals surface area contributed by atoms with Crippen molar-refractivity contribution in [3.8, 4) is 0 Å². The van der Waals surface area contributed by atoms with Crippen molar-refractivity contribution < 1.29 is 4.79 Å². The Balaban J connectivity index is 1.71. The van der Waals surface area contributed by atoms with Gasteiger partial charge in [-0.3, -0.25) is 4.79 Å². The van der Waals surface area contributed by atoms with Gasteiger partial charge in [-0.25, -0.2) is 0 Å². The van der Waals surface area contributed by atoms with Gasteiger partial charge in [-0.05, 0) is 57.8 Å². The Hall–Kier alpha value is -0.570. The molecule has 1 saturated carbocycles. The van der Waals surface area contributed by atoms with Gasteiger partial charge in [0.1, 0.15) is 0 Å². The first-order chi connectivity index (χ1) is 9.19. The van der Waals surface area contributed by atoms with E-state index in [-0.39, 0.29) is 11.9 Å². The molecule has 1 aliphatic carbocycles. The molecule has 0 aromatic carbocycles. The molecule has 1 saturated heterocycles. The highest BCUT2D eigenvalue weighted by atomic mass is 16.2. The lowest BCUT2D eigenvalue weighted by Crippen LogP contribution is -2.52. The van der Waals surface area contributed by atoms with Crippen LogP contribution in [0.4, 0.5) is 0 Å². The molecule has 2 rings (SSSR count). The number of piperidine rings is 1. The largest absolute Gasteiger partial charge is 0.352 e. The number of rotatable bonds is 4. The van der Waals surface area contributed by atoms with Crippen molar-refractivity contribution in [2.24, 2.45) is 5.92 Å². The van der Waals surface area contributed by atoms with Gasteiger partial charge in [-0.15, -0.1) is 0 Å². The number of carbonyl (C=O) groups is 1. The third-order valence-electron chi connectivity index (χ3n) is 4.82. The molecule has 1 amide bonds. The lowest BCUT2D eigenvalue weighted by molar-refractivity contribution is -0.125. The van der Waals surface area contributed by atoms with Gasteiger partial charge < -0.3 is 10.6 Å². The number of hydrogen-bond acceptors (Lipinski definition) is 2. The summed E-state index contributed by atoms with van der Waals surface area (Å²) in [4.78, 5) is 12.2. The van der Waals surface area contributed by atoms with Crippen LogP contribution in [0.3, 0.4) is 0 Å². The predicted octanol–water partition coefficient (Wildman–Crippen LogP) is 2.99. The molecule has 2 N–H and O–H groups in total. The van der Waals surface area contributed by atoms with Gasteiger partial charge in [0.15, 0.2) is 0 Å². The Morgan fingerprint density at radius 1 is 1.16 bits per heavy atom. The van der Waals surface area contributed by atoms with Crippen LogP contribution in [0, 0.1) is 5.92 Å². The van der Waals surface area contributed by atoms with E-state index in [9.17, 15) is 4.79 Å². The minimum absolute atomic E-state index is 0.0529. The fourth-order valence-electron chi connectivity index (χ4n) is 3.65. The Labute approximate surface area is 117 Å². The zero-order valence-corrected chi connectivity index (χ0v) is 12.6. The third-order valence-corrected chi connectivity index (χ3v) is 4.82. The first-order valence-electron chi connectivity index (χ1n) is 8.25. The molecular formula is C16H30N2O. The van der Waals surface area contributed by atoms with E-state index in [0.717, 1.165) is 12.3 Å². The van der Waals surface area contributed by atoms with Crippen molar-refractivity contribution in [1.29, 1.82) is 0 Å². The molecule has 0 aromatic rings. The third kappa shape index (κ3) is 4.48. The fourth-order valence-corrected chi connectivity index (χ4v) is 3.65. The van der Waals surface area contributed by atoms with Crippen LogP contribution >= 0.6 is 0 Å². The fraction of sp³-hybridized carbons (Fsp3) is 0.938. The number of amides is 1. The van der Waals surface area contributed by atoms with Crippen LogP contribution < -0.4 is 10.6 Å². The average molecular weight is 266 g/mol. The van der Waals surface area contributed by atoms with Crippen LogP contribution in [0.15, 0.2) is 0 Å². The van der Waals surface area contributed by atoms with Crippen molar-refractivity contribution in [3.05, 3.63) is 0 Å². The lowest BCUT2D eigenvalue weighted by atomic mass is 9.83. The topological polar surface area (TPSA) is 41.1 Å². The Kier molecular flexibility index (Phi) is 5.68. The minimum atomic E-state index is 0.0529. The van der Waals surface area contributed by atoms with Gasteiger partial charge in [-0.2, -0.15) is 0 Å². The van der Waals surface area contributed by atoms with Gasteiger partial charge in [0, 0.05) is 12.1 Å². The van der Waals surface area contributed by atoms with E-state index in [0.29, 0.717) is 12.1 Å². The minimum Gasteiger partial charge on any atom is -0.352 e. The van der Waals surface area contributed by atoms with Gasteiger partial charge in [-0.1, -0.05) is 19.8 Å². The van der Waals surface area contributed by atoms with Crippen LogP contribution in [0.1, 0.15) is 71.6 Å². The molecule has 19 heavy (non-hydrogen) atoms. The van der Waals surface area contributed by atoms with Gasteiger partial charge in [0.2, 0.25) is 5.91 Å². The maximum atomic E-state index is 12.2. The summed E-state index contributed by atoms with van der Waals surface area (Å²) in [6, 6.07) is 0.974. The molecule has 110 valence electrons. The quantitative estimate of drug-likeness (QED) is 0.821. The van der Waals surface area contributed by atoms with E-state index in [1.54, 1.807) is 0 Å². The molecule has 0 radical (unpaired) electrons. The van der Waals surface area contributed by atoms with Crippen molar-refractivity contribution in [1.82, 2.24) is 10.6 Å².